The van der Waals surface area contributed by atoms with Gasteiger partial charge in [-0.3, -0.25) is 0 Å². The van der Waals surface area contributed by atoms with E-state index < -0.39 is 0 Å². The maximum Gasteiger partial charge on any atom is 0.169 e. The van der Waals surface area contributed by atoms with E-state index in [0.717, 1.165) is 35.1 Å². The Kier molecular flexibility index (Phi) is 7.79. The number of hydrogen-bond donors (Lipinski definition) is 0. The summed E-state index contributed by atoms with van der Waals surface area (Å²) in [6, 6.07) is 8.33. The highest BCUT2D eigenvalue weighted by Crippen LogP contribution is 2.47. The van der Waals surface area contributed by atoms with Crippen LogP contribution in [0.4, 0.5) is 0 Å². The summed E-state index contributed by atoms with van der Waals surface area (Å²) >= 11 is 0. The largest absolute Gasteiger partial charge is 0.493 e. The molecule has 2 aromatic carbocycles. The molecule has 4 heteroatoms. The molecule has 2 fully saturated rings. The third kappa shape index (κ3) is 5.93. The van der Waals surface area contributed by atoms with Crippen molar-refractivity contribution >= 4 is 0 Å². The Labute approximate surface area is 203 Å². The van der Waals surface area contributed by atoms with Crippen LogP contribution in [0.3, 0.4) is 0 Å². The van der Waals surface area contributed by atoms with Crippen LogP contribution in [0.15, 0.2) is 72.9 Å². The lowest BCUT2D eigenvalue weighted by Gasteiger charge is -2.21. The van der Waals surface area contributed by atoms with E-state index in [1.54, 1.807) is 14.2 Å². The molecule has 2 aromatic rings. The van der Waals surface area contributed by atoms with E-state index in [1.165, 1.54) is 36.8 Å². The van der Waals surface area contributed by atoms with E-state index in [2.05, 4.69) is 37.4 Å². The van der Waals surface area contributed by atoms with Crippen LogP contribution in [0.5, 0.6) is 23.0 Å². The number of allylic oxidation sites excluding steroid dienone is 4. The van der Waals surface area contributed by atoms with Crippen molar-refractivity contribution in [1.29, 1.82) is 0 Å². The first-order valence-corrected chi connectivity index (χ1v) is 11.9. The third-order valence-corrected chi connectivity index (χ3v) is 6.00. The van der Waals surface area contributed by atoms with Crippen molar-refractivity contribution in [3.8, 4) is 34.1 Å². The summed E-state index contributed by atoms with van der Waals surface area (Å²) in [6.45, 7) is 8.84. The second kappa shape index (κ2) is 11.1. The Hall–Kier alpha value is -3.40. The van der Waals surface area contributed by atoms with Crippen molar-refractivity contribution in [1.82, 2.24) is 0 Å². The van der Waals surface area contributed by atoms with Gasteiger partial charge in [0, 0.05) is 11.1 Å². The average Bonchev–Trinajstić information content (AvgIpc) is 3.76. The monoisotopic (exact) mass is 458 g/mol. The Morgan fingerprint density at radius 3 is 1.41 bits per heavy atom. The highest BCUT2D eigenvalue weighted by atomic mass is 16.5. The van der Waals surface area contributed by atoms with Gasteiger partial charge in [0.2, 0.25) is 0 Å². The van der Waals surface area contributed by atoms with Crippen molar-refractivity contribution in [3.05, 3.63) is 84.0 Å². The average molecular weight is 459 g/mol. The minimum Gasteiger partial charge on any atom is -0.493 e. The molecule has 0 heterocycles. The third-order valence-electron chi connectivity index (χ3n) is 6.00. The van der Waals surface area contributed by atoms with Crippen molar-refractivity contribution in [2.45, 2.75) is 38.5 Å². The lowest BCUT2D eigenvalue weighted by atomic mass is 9.96. The van der Waals surface area contributed by atoms with E-state index in [1.807, 2.05) is 24.3 Å². The molecule has 178 valence electrons. The molecule has 0 aliphatic heterocycles. The first-order chi connectivity index (χ1) is 16.7. The van der Waals surface area contributed by atoms with Gasteiger partial charge in [0.05, 0.1) is 14.2 Å². The van der Waals surface area contributed by atoms with Crippen molar-refractivity contribution in [2.24, 2.45) is 0 Å². The molecule has 0 radical (unpaired) electrons. The molecule has 0 spiro atoms. The predicted molar refractivity (Wildman–Crippen MR) is 138 cm³/mol. The maximum atomic E-state index is 6.32. The molecule has 2 aliphatic carbocycles. The van der Waals surface area contributed by atoms with Gasteiger partial charge in [-0.05, 0) is 86.1 Å². The SMILES string of the molecule is C=CCc1cc(OC)c(OCC=C2CC2)c(-c2cc(CC=C)cc(OC)c2OCC=C2CC2)c1. The van der Waals surface area contributed by atoms with Gasteiger partial charge in [-0.2, -0.15) is 0 Å². The van der Waals surface area contributed by atoms with E-state index in [0.29, 0.717) is 36.2 Å². The second-order valence-corrected chi connectivity index (χ2v) is 8.68. The van der Waals surface area contributed by atoms with Crippen molar-refractivity contribution in [3.63, 3.8) is 0 Å². The maximum absolute atomic E-state index is 6.32. The van der Waals surface area contributed by atoms with Crippen LogP contribution in [0, 0.1) is 0 Å². The lowest BCUT2D eigenvalue weighted by Crippen LogP contribution is -2.04. The Balaban J connectivity index is 1.85. The van der Waals surface area contributed by atoms with Gasteiger partial charge in [0.15, 0.2) is 23.0 Å². The van der Waals surface area contributed by atoms with E-state index >= 15 is 0 Å². The molecule has 2 aliphatic rings. The molecule has 0 N–H and O–H groups in total. The highest BCUT2D eigenvalue weighted by molar-refractivity contribution is 5.82. The zero-order chi connectivity index (χ0) is 23.9. The standard InChI is InChI=1S/C30H34O4/c1-5-7-23-17-25(29(27(19-23)31-3)33-15-13-21-9-10-21)26-18-24(8-6-2)20-28(32-4)30(26)34-16-14-22-11-12-22/h5-6,13-14,17-20H,1-2,7-12,15-16H2,3-4H3. The van der Waals surface area contributed by atoms with E-state index in [-0.39, 0.29) is 0 Å². The van der Waals surface area contributed by atoms with Crippen molar-refractivity contribution in [2.75, 3.05) is 27.4 Å². The normalized spacial score (nSPS) is 13.7. The van der Waals surface area contributed by atoms with Gasteiger partial charge in [-0.1, -0.05) is 23.3 Å². The minimum absolute atomic E-state index is 0.505. The van der Waals surface area contributed by atoms with E-state index in [4.69, 9.17) is 18.9 Å². The summed E-state index contributed by atoms with van der Waals surface area (Å²) in [5, 5.41) is 0. The summed E-state index contributed by atoms with van der Waals surface area (Å²) < 4.78 is 24.2. The van der Waals surface area contributed by atoms with Crippen LogP contribution in [0.1, 0.15) is 36.8 Å². The smallest absolute Gasteiger partial charge is 0.169 e. The summed E-state index contributed by atoms with van der Waals surface area (Å²) in [7, 11) is 3.36. The van der Waals surface area contributed by atoms with Crippen LogP contribution < -0.4 is 18.9 Å². The molecular weight excluding hydrogens is 424 g/mol. The topological polar surface area (TPSA) is 36.9 Å². The van der Waals surface area contributed by atoms with Gasteiger partial charge < -0.3 is 18.9 Å². The molecule has 0 unspecified atom stereocenters. The fourth-order valence-electron chi connectivity index (χ4n) is 3.93. The quantitative estimate of drug-likeness (QED) is 0.302. The van der Waals surface area contributed by atoms with Crippen LogP contribution >= 0.6 is 0 Å². The Bertz CT molecular complexity index is 1020. The molecule has 0 atom stereocenters. The van der Waals surface area contributed by atoms with Crippen LogP contribution in [0.25, 0.3) is 11.1 Å². The number of ether oxygens (including phenoxy) is 4. The molecule has 34 heavy (non-hydrogen) atoms. The van der Waals surface area contributed by atoms with Gasteiger partial charge in [-0.15, -0.1) is 13.2 Å². The van der Waals surface area contributed by atoms with Crippen LogP contribution in [-0.2, 0) is 12.8 Å². The fourth-order valence-corrected chi connectivity index (χ4v) is 3.93. The van der Waals surface area contributed by atoms with Gasteiger partial charge in [-0.25, -0.2) is 0 Å². The summed E-state index contributed by atoms with van der Waals surface area (Å²) in [5.41, 5.74) is 6.90. The van der Waals surface area contributed by atoms with E-state index in [9.17, 15) is 0 Å². The molecular formula is C30H34O4. The summed E-state index contributed by atoms with van der Waals surface area (Å²) in [6.07, 6.45) is 14.2. The summed E-state index contributed by atoms with van der Waals surface area (Å²) in [4.78, 5) is 0. The van der Waals surface area contributed by atoms with Gasteiger partial charge in [0.1, 0.15) is 13.2 Å². The zero-order valence-corrected chi connectivity index (χ0v) is 20.3. The molecule has 0 bridgehead atoms. The fraction of sp³-hybridized carbons (Fsp3) is 0.333. The molecule has 0 aromatic heterocycles. The van der Waals surface area contributed by atoms with Crippen LogP contribution in [-0.4, -0.2) is 27.4 Å². The van der Waals surface area contributed by atoms with Crippen LogP contribution in [0.2, 0.25) is 0 Å². The first-order valence-electron chi connectivity index (χ1n) is 11.9. The molecule has 2 saturated carbocycles. The summed E-state index contributed by atoms with van der Waals surface area (Å²) in [5.74, 6) is 2.80. The second-order valence-electron chi connectivity index (χ2n) is 8.68. The Morgan fingerprint density at radius 1 is 0.676 bits per heavy atom. The van der Waals surface area contributed by atoms with Gasteiger partial charge >= 0.3 is 0 Å². The lowest BCUT2D eigenvalue weighted by molar-refractivity contribution is 0.322. The number of methoxy groups -OCH3 is 2. The first kappa shape index (κ1) is 23.7. The molecule has 0 amide bonds. The van der Waals surface area contributed by atoms with Crippen molar-refractivity contribution < 1.29 is 18.9 Å². The Morgan fingerprint density at radius 2 is 1.09 bits per heavy atom. The predicted octanol–water partition coefficient (Wildman–Crippen LogP) is 7.03. The number of benzene rings is 2. The zero-order valence-electron chi connectivity index (χ0n) is 20.3. The minimum atomic E-state index is 0.505. The highest BCUT2D eigenvalue weighted by Gasteiger charge is 2.22. The molecule has 4 nitrogen and oxygen atoms in total. The van der Waals surface area contributed by atoms with Gasteiger partial charge in [0.25, 0.3) is 0 Å². The number of hydrogen-bond acceptors (Lipinski definition) is 4. The molecule has 4 rings (SSSR count). The number of rotatable bonds is 13. The molecule has 0 saturated heterocycles.